The number of alkyl halides is 3. The zero-order valence-electron chi connectivity index (χ0n) is 17.5. The van der Waals surface area contributed by atoms with Crippen LogP contribution in [0.3, 0.4) is 0 Å². The van der Waals surface area contributed by atoms with Crippen LogP contribution >= 0.6 is 0 Å². The van der Waals surface area contributed by atoms with Crippen LogP contribution in [-0.2, 0) is 15.7 Å². The Balaban J connectivity index is 1.93. The molecule has 32 heavy (non-hydrogen) atoms. The number of anilines is 1. The summed E-state index contributed by atoms with van der Waals surface area (Å²) in [4.78, 5) is 28.1. The molecule has 170 valence electrons. The standard InChI is InChI=1S/C21H21F3N4O4/c1-12-17(20(30)32-10-9-31-3)13(2)26-18(12)19(29)27-15-11-14(21(22,23)24)5-6-16(15)28-8-4-7-25-28/h4-8,11,26H,9-10H2,1-3H3,(H,27,29). The number of nitrogens with one attached hydrogen (secondary N) is 2. The van der Waals surface area contributed by atoms with Crippen LogP contribution in [0.15, 0.2) is 36.7 Å². The van der Waals surface area contributed by atoms with Gasteiger partial charge in [-0.3, -0.25) is 4.79 Å². The van der Waals surface area contributed by atoms with Crippen LogP contribution < -0.4 is 5.32 Å². The number of ether oxygens (including phenoxy) is 2. The molecule has 0 saturated heterocycles. The van der Waals surface area contributed by atoms with Gasteiger partial charge in [0, 0.05) is 25.2 Å². The van der Waals surface area contributed by atoms with Gasteiger partial charge in [0.2, 0.25) is 0 Å². The van der Waals surface area contributed by atoms with Gasteiger partial charge in [-0.25, -0.2) is 9.48 Å². The highest BCUT2D eigenvalue weighted by molar-refractivity contribution is 6.07. The molecular weight excluding hydrogens is 429 g/mol. The fraction of sp³-hybridized carbons (Fsp3) is 0.286. The Labute approximate surface area is 181 Å². The van der Waals surface area contributed by atoms with Gasteiger partial charge < -0.3 is 19.8 Å². The highest BCUT2D eigenvalue weighted by atomic mass is 19.4. The summed E-state index contributed by atoms with van der Waals surface area (Å²) in [6, 6.07) is 4.56. The summed E-state index contributed by atoms with van der Waals surface area (Å²) in [6.07, 6.45) is -1.60. The van der Waals surface area contributed by atoms with Crippen LogP contribution in [0.25, 0.3) is 5.69 Å². The summed E-state index contributed by atoms with van der Waals surface area (Å²) in [7, 11) is 1.47. The lowest BCUT2D eigenvalue weighted by atomic mass is 10.1. The number of nitrogens with zero attached hydrogens (tertiary/aromatic N) is 2. The van der Waals surface area contributed by atoms with E-state index < -0.39 is 23.6 Å². The Bertz CT molecular complexity index is 1120. The van der Waals surface area contributed by atoms with Crippen LogP contribution in [0, 0.1) is 13.8 Å². The number of benzene rings is 1. The fourth-order valence-corrected chi connectivity index (χ4v) is 3.18. The summed E-state index contributed by atoms with van der Waals surface area (Å²) in [5.41, 5.74) is 0.153. The second-order valence-electron chi connectivity index (χ2n) is 6.89. The Kier molecular flexibility index (Phi) is 6.68. The summed E-state index contributed by atoms with van der Waals surface area (Å²) < 4.78 is 51.0. The van der Waals surface area contributed by atoms with E-state index in [0.717, 1.165) is 12.1 Å². The van der Waals surface area contributed by atoms with Crippen LogP contribution in [-0.4, -0.2) is 47.0 Å². The van der Waals surface area contributed by atoms with E-state index in [9.17, 15) is 22.8 Å². The predicted octanol–water partition coefficient (Wildman–Crippen LogP) is 3.89. The Morgan fingerprint density at radius 3 is 2.59 bits per heavy atom. The molecule has 0 radical (unpaired) electrons. The topological polar surface area (TPSA) is 98.2 Å². The third-order valence-corrected chi connectivity index (χ3v) is 4.71. The van der Waals surface area contributed by atoms with Crippen molar-refractivity contribution in [3.05, 3.63) is 64.7 Å². The van der Waals surface area contributed by atoms with Crippen LogP contribution in [0.5, 0.6) is 0 Å². The zero-order valence-corrected chi connectivity index (χ0v) is 17.5. The Morgan fingerprint density at radius 1 is 1.22 bits per heavy atom. The minimum absolute atomic E-state index is 0.0324. The largest absolute Gasteiger partial charge is 0.460 e. The molecule has 2 heterocycles. The normalized spacial score (nSPS) is 11.4. The van der Waals surface area contributed by atoms with Gasteiger partial charge in [0.1, 0.15) is 12.3 Å². The Morgan fingerprint density at radius 2 is 1.97 bits per heavy atom. The molecule has 0 atom stereocenters. The van der Waals surface area contributed by atoms with E-state index in [1.807, 2.05) is 0 Å². The second kappa shape index (κ2) is 9.27. The highest BCUT2D eigenvalue weighted by Crippen LogP contribution is 2.33. The SMILES string of the molecule is COCCOC(=O)c1c(C)[nH]c(C(=O)Nc2cc(C(F)(F)F)ccc2-n2cccn2)c1C. The molecule has 0 bridgehead atoms. The maximum atomic E-state index is 13.2. The molecule has 8 nitrogen and oxygen atoms in total. The molecule has 0 aliphatic rings. The molecule has 0 spiro atoms. The first kappa shape index (κ1) is 23.1. The van der Waals surface area contributed by atoms with Gasteiger partial charge in [0.15, 0.2) is 0 Å². The summed E-state index contributed by atoms with van der Waals surface area (Å²) in [5, 5.41) is 6.52. The molecule has 0 aliphatic heterocycles. The number of aromatic nitrogens is 3. The number of aryl methyl sites for hydroxylation is 1. The number of carbonyl (C=O) groups excluding carboxylic acids is 2. The molecule has 0 aliphatic carbocycles. The smallest absolute Gasteiger partial charge is 0.416 e. The monoisotopic (exact) mass is 450 g/mol. The van der Waals surface area contributed by atoms with Gasteiger partial charge in [-0.1, -0.05) is 0 Å². The van der Waals surface area contributed by atoms with Crippen molar-refractivity contribution in [3.63, 3.8) is 0 Å². The number of halogens is 3. The zero-order chi connectivity index (χ0) is 23.5. The number of methoxy groups -OCH3 is 1. The van der Waals surface area contributed by atoms with Crippen molar-refractivity contribution >= 4 is 17.6 Å². The van der Waals surface area contributed by atoms with Crippen molar-refractivity contribution in [1.29, 1.82) is 0 Å². The number of esters is 1. The third kappa shape index (κ3) is 4.83. The van der Waals surface area contributed by atoms with E-state index in [1.165, 1.54) is 30.3 Å². The lowest BCUT2D eigenvalue weighted by molar-refractivity contribution is -0.137. The number of aromatic amines is 1. The lowest BCUT2D eigenvalue weighted by Gasteiger charge is -2.14. The predicted molar refractivity (Wildman–Crippen MR) is 109 cm³/mol. The van der Waals surface area contributed by atoms with Crippen molar-refractivity contribution in [2.24, 2.45) is 0 Å². The second-order valence-corrected chi connectivity index (χ2v) is 6.89. The van der Waals surface area contributed by atoms with Crippen molar-refractivity contribution in [2.45, 2.75) is 20.0 Å². The first-order chi connectivity index (χ1) is 15.1. The summed E-state index contributed by atoms with van der Waals surface area (Å²) in [6.45, 7) is 3.40. The van der Waals surface area contributed by atoms with E-state index in [1.54, 1.807) is 19.9 Å². The average Bonchev–Trinajstić information content (AvgIpc) is 3.35. The van der Waals surface area contributed by atoms with E-state index in [0.29, 0.717) is 11.3 Å². The maximum absolute atomic E-state index is 13.2. The maximum Gasteiger partial charge on any atom is 0.416 e. The first-order valence-corrected chi connectivity index (χ1v) is 9.51. The van der Waals surface area contributed by atoms with Crippen LogP contribution in [0.2, 0.25) is 0 Å². The molecule has 0 fully saturated rings. The number of rotatable bonds is 7. The van der Waals surface area contributed by atoms with E-state index in [2.05, 4.69) is 15.4 Å². The Hall–Kier alpha value is -3.60. The molecule has 0 saturated carbocycles. The molecule has 3 aromatic rings. The van der Waals surface area contributed by atoms with Crippen LogP contribution in [0.1, 0.15) is 37.7 Å². The molecular formula is C21H21F3N4O4. The third-order valence-electron chi connectivity index (χ3n) is 4.71. The van der Waals surface area contributed by atoms with Gasteiger partial charge in [-0.15, -0.1) is 0 Å². The molecule has 1 amide bonds. The number of hydrogen-bond acceptors (Lipinski definition) is 5. The van der Waals surface area contributed by atoms with Crippen molar-refractivity contribution in [2.75, 3.05) is 25.6 Å². The number of hydrogen-bond donors (Lipinski definition) is 2. The quantitative estimate of drug-likeness (QED) is 0.420. The molecule has 0 unspecified atom stereocenters. The van der Waals surface area contributed by atoms with E-state index in [-0.39, 0.29) is 35.8 Å². The summed E-state index contributed by atoms with van der Waals surface area (Å²) >= 11 is 0. The van der Waals surface area contributed by atoms with Gasteiger partial charge in [-0.05, 0) is 43.7 Å². The fourth-order valence-electron chi connectivity index (χ4n) is 3.18. The number of H-pyrrole nitrogens is 1. The van der Waals surface area contributed by atoms with Crippen LogP contribution in [0.4, 0.5) is 18.9 Å². The number of carbonyl (C=O) groups is 2. The minimum Gasteiger partial charge on any atom is -0.460 e. The van der Waals surface area contributed by atoms with Gasteiger partial charge in [0.25, 0.3) is 5.91 Å². The highest BCUT2D eigenvalue weighted by Gasteiger charge is 2.32. The van der Waals surface area contributed by atoms with Gasteiger partial charge in [0.05, 0.1) is 29.1 Å². The molecule has 2 N–H and O–H groups in total. The van der Waals surface area contributed by atoms with Crippen molar-refractivity contribution < 1.29 is 32.2 Å². The molecule has 2 aromatic heterocycles. The molecule has 11 heteroatoms. The van der Waals surface area contributed by atoms with Gasteiger partial charge >= 0.3 is 12.1 Å². The molecule has 3 rings (SSSR count). The van der Waals surface area contributed by atoms with Gasteiger partial charge in [-0.2, -0.15) is 18.3 Å². The summed E-state index contributed by atoms with van der Waals surface area (Å²) in [5.74, 6) is -1.35. The average molecular weight is 450 g/mol. The first-order valence-electron chi connectivity index (χ1n) is 9.51. The van der Waals surface area contributed by atoms with E-state index in [4.69, 9.17) is 9.47 Å². The minimum atomic E-state index is -4.60. The molecule has 1 aromatic carbocycles. The van der Waals surface area contributed by atoms with Crippen molar-refractivity contribution in [3.8, 4) is 5.69 Å². The lowest BCUT2D eigenvalue weighted by Crippen LogP contribution is -2.17. The number of amides is 1. The van der Waals surface area contributed by atoms with E-state index >= 15 is 0 Å². The van der Waals surface area contributed by atoms with Crippen molar-refractivity contribution in [1.82, 2.24) is 14.8 Å².